The van der Waals surface area contributed by atoms with Crippen LogP contribution in [-0.4, -0.2) is 35.8 Å². The predicted molar refractivity (Wildman–Crippen MR) is 87.8 cm³/mol. The molecule has 1 aromatic rings. The number of hydrogen-bond donors (Lipinski definition) is 2. The maximum Gasteiger partial charge on any atom is 0.341 e. The number of carboxylic acid groups (broad SMARTS) is 1. The Bertz CT molecular complexity index is 514. The third-order valence-electron chi connectivity index (χ3n) is 3.31. The fraction of sp³-hybridized carbons (Fsp3) is 0.529. The quantitative estimate of drug-likeness (QED) is 0.691. The van der Waals surface area contributed by atoms with E-state index in [1.165, 1.54) is 0 Å². The van der Waals surface area contributed by atoms with Gasteiger partial charge in [0.05, 0.1) is 0 Å². The number of carbonyl (C=O) groups is 2. The van der Waals surface area contributed by atoms with Gasteiger partial charge in [0.25, 0.3) is 5.91 Å². The van der Waals surface area contributed by atoms with Gasteiger partial charge >= 0.3 is 5.97 Å². The van der Waals surface area contributed by atoms with Crippen LogP contribution < -0.4 is 10.1 Å². The van der Waals surface area contributed by atoms with Crippen molar-refractivity contribution in [3.8, 4) is 5.75 Å². The van der Waals surface area contributed by atoms with Gasteiger partial charge in [-0.15, -0.1) is 0 Å². The standard InChI is InChI=1S/C17H25NO5/c1-4-10-17(3,23-11-5-2)16(21)18-13-6-8-14(9-7-13)22-12-15(19)20/h6-9H,4-5,10-12H2,1-3H3,(H,18,21)(H,19,20). The molecule has 23 heavy (non-hydrogen) atoms. The largest absolute Gasteiger partial charge is 0.482 e. The molecule has 0 fully saturated rings. The molecule has 2 N–H and O–H groups in total. The molecule has 0 radical (unpaired) electrons. The summed E-state index contributed by atoms with van der Waals surface area (Å²) in [4.78, 5) is 22.9. The van der Waals surface area contributed by atoms with Crippen molar-refractivity contribution < 1.29 is 24.2 Å². The van der Waals surface area contributed by atoms with E-state index in [4.69, 9.17) is 14.6 Å². The van der Waals surface area contributed by atoms with Gasteiger partial charge in [-0.25, -0.2) is 4.79 Å². The van der Waals surface area contributed by atoms with Gasteiger partial charge in [-0.1, -0.05) is 20.3 Å². The predicted octanol–water partition coefficient (Wildman–Crippen LogP) is 3.07. The Kier molecular flexibility index (Phi) is 7.54. The molecule has 0 saturated heterocycles. The molecule has 0 aliphatic heterocycles. The van der Waals surface area contributed by atoms with Crippen LogP contribution in [0.25, 0.3) is 0 Å². The van der Waals surface area contributed by atoms with Crippen LogP contribution in [0.1, 0.15) is 40.0 Å². The number of rotatable bonds is 10. The molecule has 0 aliphatic rings. The maximum absolute atomic E-state index is 12.5. The van der Waals surface area contributed by atoms with Gasteiger partial charge < -0.3 is 19.9 Å². The molecule has 0 saturated carbocycles. The van der Waals surface area contributed by atoms with E-state index in [-0.39, 0.29) is 5.91 Å². The van der Waals surface area contributed by atoms with Crippen LogP contribution in [0.2, 0.25) is 0 Å². The van der Waals surface area contributed by atoms with Gasteiger partial charge in [-0.05, 0) is 44.0 Å². The molecule has 0 heterocycles. The Morgan fingerprint density at radius 2 is 1.83 bits per heavy atom. The maximum atomic E-state index is 12.5. The molecule has 128 valence electrons. The molecule has 0 bridgehead atoms. The van der Waals surface area contributed by atoms with Crippen molar-refractivity contribution in [2.75, 3.05) is 18.5 Å². The number of nitrogens with one attached hydrogen (secondary N) is 1. The minimum Gasteiger partial charge on any atom is -0.482 e. The number of anilines is 1. The first-order valence-corrected chi connectivity index (χ1v) is 7.81. The number of amides is 1. The lowest BCUT2D eigenvalue weighted by molar-refractivity contribution is -0.140. The zero-order valence-corrected chi connectivity index (χ0v) is 13.9. The van der Waals surface area contributed by atoms with Crippen molar-refractivity contribution in [2.24, 2.45) is 0 Å². The molecule has 1 rings (SSSR count). The summed E-state index contributed by atoms with van der Waals surface area (Å²) in [5.74, 6) is -0.790. The van der Waals surface area contributed by atoms with Crippen LogP contribution in [0.4, 0.5) is 5.69 Å². The Morgan fingerprint density at radius 1 is 1.17 bits per heavy atom. The Hall–Kier alpha value is -2.08. The molecule has 0 aliphatic carbocycles. The highest BCUT2D eigenvalue weighted by molar-refractivity contribution is 5.97. The molecule has 1 amide bonds. The first-order chi connectivity index (χ1) is 10.9. The highest BCUT2D eigenvalue weighted by atomic mass is 16.5. The minimum absolute atomic E-state index is 0.188. The molecule has 6 heteroatoms. The third kappa shape index (κ3) is 6.28. The summed E-state index contributed by atoms with van der Waals surface area (Å²) in [5, 5.41) is 11.4. The highest BCUT2D eigenvalue weighted by Gasteiger charge is 2.33. The monoisotopic (exact) mass is 323 g/mol. The van der Waals surface area contributed by atoms with Crippen LogP contribution in [0.15, 0.2) is 24.3 Å². The summed E-state index contributed by atoms with van der Waals surface area (Å²) >= 11 is 0. The van der Waals surface area contributed by atoms with E-state index < -0.39 is 18.2 Å². The normalized spacial score (nSPS) is 13.2. The summed E-state index contributed by atoms with van der Waals surface area (Å²) in [6.07, 6.45) is 2.33. The van der Waals surface area contributed by atoms with Crippen molar-refractivity contribution in [1.29, 1.82) is 0 Å². The molecule has 1 atom stereocenters. The van der Waals surface area contributed by atoms with Gasteiger partial charge in [0.15, 0.2) is 6.61 Å². The fourth-order valence-corrected chi connectivity index (χ4v) is 2.10. The van der Waals surface area contributed by atoms with Crippen LogP contribution in [-0.2, 0) is 14.3 Å². The van der Waals surface area contributed by atoms with E-state index in [1.54, 1.807) is 31.2 Å². The lowest BCUT2D eigenvalue weighted by atomic mass is 9.99. The Morgan fingerprint density at radius 3 is 2.35 bits per heavy atom. The van der Waals surface area contributed by atoms with Crippen LogP contribution in [0.3, 0.4) is 0 Å². The molecule has 1 aromatic carbocycles. The number of carbonyl (C=O) groups excluding carboxylic acids is 1. The molecule has 0 aromatic heterocycles. The van der Waals surface area contributed by atoms with Crippen LogP contribution in [0, 0.1) is 0 Å². The average molecular weight is 323 g/mol. The molecule has 6 nitrogen and oxygen atoms in total. The average Bonchev–Trinajstić information content (AvgIpc) is 2.52. The van der Waals surface area contributed by atoms with Crippen molar-refractivity contribution in [2.45, 2.75) is 45.6 Å². The van der Waals surface area contributed by atoms with E-state index in [2.05, 4.69) is 5.32 Å². The van der Waals surface area contributed by atoms with Gasteiger partial charge in [0.1, 0.15) is 11.4 Å². The zero-order valence-electron chi connectivity index (χ0n) is 13.9. The summed E-state index contributed by atoms with van der Waals surface area (Å²) in [6.45, 7) is 5.94. The van der Waals surface area contributed by atoms with Gasteiger partial charge in [0.2, 0.25) is 0 Å². The van der Waals surface area contributed by atoms with Gasteiger partial charge in [0, 0.05) is 12.3 Å². The number of benzene rings is 1. The number of carboxylic acids is 1. The first kappa shape index (κ1) is 19.0. The van der Waals surface area contributed by atoms with Crippen LogP contribution >= 0.6 is 0 Å². The Balaban J connectivity index is 2.68. The zero-order chi connectivity index (χ0) is 17.3. The summed E-state index contributed by atoms with van der Waals surface area (Å²) < 4.78 is 10.8. The second-order valence-corrected chi connectivity index (χ2v) is 5.49. The van der Waals surface area contributed by atoms with E-state index in [0.29, 0.717) is 24.5 Å². The highest BCUT2D eigenvalue weighted by Crippen LogP contribution is 2.22. The van der Waals surface area contributed by atoms with Crippen LogP contribution in [0.5, 0.6) is 5.75 Å². The Labute approximate surface area is 136 Å². The topological polar surface area (TPSA) is 84.9 Å². The molecule has 0 spiro atoms. The molecular weight excluding hydrogens is 298 g/mol. The summed E-state index contributed by atoms with van der Waals surface area (Å²) in [7, 11) is 0. The summed E-state index contributed by atoms with van der Waals surface area (Å²) in [6, 6.07) is 6.56. The van der Waals surface area contributed by atoms with Crippen molar-refractivity contribution in [1.82, 2.24) is 0 Å². The number of ether oxygens (including phenoxy) is 2. The van der Waals surface area contributed by atoms with Crippen molar-refractivity contribution >= 4 is 17.6 Å². The van der Waals surface area contributed by atoms with Crippen molar-refractivity contribution in [3.63, 3.8) is 0 Å². The first-order valence-electron chi connectivity index (χ1n) is 7.81. The van der Waals surface area contributed by atoms with E-state index in [0.717, 1.165) is 12.8 Å². The number of aliphatic carboxylic acids is 1. The van der Waals surface area contributed by atoms with E-state index in [9.17, 15) is 9.59 Å². The second kappa shape index (κ2) is 9.15. The second-order valence-electron chi connectivity index (χ2n) is 5.49. The molecule has 1 unspecified atom stereocenters. The van der Waals surface area contributed by atoms with E-state index in [1.807, 2.05) is 13.8 Å². The lowest BCUT2D eigenvalue weighted by Gasteiger charge is -2.28. The molecular formula is C17H25NO5. The number of hydrogen-bond acceptors (Lipinski definition) is 4. The van der Waals surface area contributed by atoms with E-state index >= 15 is 0 Å². The minimum atomic E-state index is -1.04. The van der Waals surface area contributed by atoms with Gasteiger partial charge in [-0.3, -0.25) is 4.79 Å². The smallest absolute Gasteiger partial charge is 0.341 e. The third-order valence-corrected chi connectivity index (χ3v) is 3.31. The fourth-order valence-electron chi connectivity index (χ4n) is 2.10. The van der Waals surface area contributed by atoms with Crippen molar-refractivity contribution in [3.05, 3.63) is 24.3 Å². The van der Waals surface area contributed by atoms with Gasteiger partial charge in [-0.2, -0.15) is 0 Å². The SMILES string of the molecule is CCCOC(C)(CCC)C(=O)Nc1ccc(OCC(=O)O)cc1. The summed E-state index contributed by atoms with van der Waals surface area (Å²) in [5.41, 5.74) is -0.247. The lowest BCUT2D eigenvalue weighted by Crippen LogP contribution is -2.43.